The zero-order chi connectivity index (χ0) is 13.2. The fourth-order valence-electron chi connectivity index (χ4n) is 2.56. The van der Waals surface area contributed by atoms with E-state index >= 15 is 0 Å². The van der Waals surface area contributed by atoms with E-state index in [0.29, 0.717) is 6.42 Å². The second-order valence-electron chi connectivity index (χ2n) is 5.39. The Balaban J connectivity index is 2.06. The van der Waals surface area contributed by atoms with Gasteiger partial charge in [-0.15, -0.1) is 0 Å². The Morgan fingerprint density at radius 2 is 2.50 bits per heavy atom. The zero-order valence-corrected chi connectivity index (χ0v) is 11.1. The summed E-state index contributed by atoms with van der Waals surface area (Å²) in [7, 11) is 0. The number of aryl methyl sites for hydroxylation is 1. The lowest BCUT2D eigenvalue weighted by Crippen LogP contribution is -2.52. The molecule has 1 aromatic rings. The van der Waals surface area contributed by atoms with Crippen molar-refractivity contribution in [3.05, 3.63) is 17.5 Å². The van der Waals surface area contributed by atoms with Gasteiger partial charge in [0.15, 0.2) is 0 Å². The average molecular weight is 250 g/mol. The molecule has 0 bridgehead atoms. The second kappa shape index (κ2) is 5.10. The molecule has 0 saturated carbocycles. The van der Waals surface area contributed by atoms with Crippen molar-refractivity contribution in [3.63, 3.8) is 0 Å². The molecule has 1 aromatic heterocycles. The molecule has 18 heavy (non-hydrogen) atoms. The number of hydrogen-bond donors (Lipinski definition) is 3. The van der Waals surface area contributed by atoms with Crippen LogP contribution < -0.4 is 11.1 Å². The molecule has 0 aromatic carbocycles. The third-order valence-electron chi connectivity index (χ3n) is 3.63. The standard InChI is InChI=1S/C13H22N4O/c1-3-7-13(2,14)12(18)16-10-6-4-5-9-8-15-17-11(9)10/h8,10H,3-7,14H2,1-2H3,(H,15,17)(H,16,18). The normalized spacial score (nSPS) is 22.1. The Morgan fingerprint density at radius 1 is 1.72 bits per heavy atom. The Morgan fingerprint density at radius 3 is 3.22 bits per heavy atom. The maximum atomic E-state index is 12.2. The highest BCUT2D eigenvalue weighted by Crippen LogP contribution is 2.28. The zero-order valence-electron chi connectivity index (χ0n) is 11.1. The third kappa shape index (κ3) is 2.56. The molecule has 1 aliphatic carbocycles. The number of aromatic nitrogens is 2. The molecule has 4 N–H and O–H groups in total. The summed E-state index contributed by atoms with van der Waals surface area (Å²) < 4.78 is 0. The highest BCUT2D eigenvalue weighted by molar-refractivity contribution is 5.85. The highest BCUT2D eigenvalue weighted by Gasteiger charge is 2.31. The van der Waals surface area contributed by atoms with Crippen LogP contribution in [0.5, 0.6) is 0 Å². The lowest BCUT2D eigenvalue weighted by molar-refractivity contribution is -0.127. The van der Waals surface area contributed by atoms with E-state index in [1.807, 2.05) is 13.1 Å². The van der Waals surface area contributed by atoms with Gasteiger partial charge in [-0.2, -0.15) is 5.10 Å². The van der Waals surface area contributed by atoms with E-state index < -0.39 is 5.54 Å². The van der Waals surface area contributed by atoms with E-state index in [1.165, 1.54) is 5.56 Å². The van der Waals surface area contributed by atoms with Gasteiger partial charge in [0.25, 0.3) is 0 Å². The van der Waals surface area contributed by atoms with Crippen LogP contribution >= 0.6 is 0 Å². The number of hydrogen-bond acceptors (Lipinski definition) is 3. The summed E-state index contributed by atoms with van der Waals surface area (Å²) in [6.45, 7) is 3.83. The Labute approximate surface area is 108 Å². The van der Waals surface area contributed by atoms with Crippen LogP contribution in [0.1, 0.15) is 56.8 Å². The first-order valence-electron chi connectivity index (χ1n) is 6.66. The van der Waals surface area contributed by atoms with Crippen LogP contribution in [0.4, 0.5) is 0 Å². The lowest BCUT2D eigenvalue weighted by atomic mass is 9.91. The Kier molecular flexibility index (Phi) is 3.71. The Bertz CT molecular complexity index is 424. The van der Waals surface area contributed by atoms with Crippen LogP contribution in [-0.2, 0) is 11.2 Å². The van der Waals surface area contributed by atoms with Crippen LogP contribution in [0.2, 0.25) is 0 Å². The van der Waals surface area contributed by atoms with E-state index in [4.69, 9.17) is 5.73 Å². The molecule has 2 unspecified atom stereocenters. The molecule has 0 fully saturated rings. The quantitative estimate of drug-likeness (QED) is 0.755. The topological polar surface area (TPSA) is 83.8 Å². The molecule has 100 valence electrons. The first kappa shape index (κ1) is 13.1. The smallest absolute Gasteiger partial charge is 0.240 e. The van der Waals surface area contributed by atoms with Crippen molar-refractivity contribution in [2.75, 3.05) is 0 Å². The number of aromatic amines is 1. The molecule has 1 amide bonds. The SMILES string of the molecule is CCCC(C)(N)C(=O)NC1CCCc2cn[nH]c21. The van der Waals surface area contributed by atoms with E-state index in [-0.39, 0.29) is 11.9 Å². The molecule has 2 atom stereocenters. The first-order chi connectivity index (χ1) is 8.54. The van der Waals surface area contributed by atoms with E-state index in [0.717, 1.165) is 31.4 Å². The number of rotatable bonds is 4. The van der Waals surface area contributed by atoms with Gasteiger partial charge in [-0.05, 0) is 38.2 Å². The maximum absolute atomic E-state index is 12.2. The number of nitrogens with one attached hydrogen (secondary N) is 2. The van der Waals surface area contributed by atoms with Crippen LogP contribution in [0.3, 0.4) is 0 Å². The minimum absolute atomic E-state index is 0.0310. The lowest BCUT2D eigenvalue weighted by Gasteiger charge is -2.28. The molecule has 1 aliphatic rings. The van der Waals surface area contributed by atoms with Crippen molar-refractivity contribution >= 4 is 5.91 Å². The molecular weight excluding hydrogens is 228 g/mol. The van der Waals surface area contributed by atoms with Crippen LogP contribution in [0.25, 0.3) is 0 Å². The number of nitrogens with two attached hydrogens (primary N) is 1. The van der Waals surface area contributed by atoms with E-state index in [1.54, 1.807) is 6.92 Å². The highest BCUT2D eigenvalue weighted by atomic mass is 16.2. The predicted molar refractivity (Wildman–Crippen MR) is 69.9 cm³/mol. The van der Waals surface area contributed by atoms with Gasteiger partial charge in [-0.25, -0.2) is 0 Å². The van der Waals surface area contributed by atoms with Crippen LogP contribution in [0.15, 0.2) is 6.20 Å². The van der Waals surface area contributed by atoms with Crippen LogP contribution in [-0.4, -0.2) is 21.6 Å². The molecule has 1 heterocycles. The second-order valence-corrected chi connectivity index (χ2v) is 5.39. The number of nitrogens with zero attached hydrogens (tertiary/aromatic N) is 1. The molecule has 0 radical (unpaired) electrons. The van der Waals surface area contributed by atoms with Gasteiger partial charge >= 0.3 is 0 Å². The molecule has 0 spiro atoms. The molecule has 5 heteroatoms. The largest absolute Gasteiger partial charge is 0.346 e. The van der Waals surface area contributed by atoms with Crippen molar-refractivity contribution in [2.24, 2.45) is 5.73 Å². The molecule has 0 aliphatic heterocycles. The monoisotopic (exact) mass is 250 g/mol. The van der Waals surface area contributed by atoms with E-state index in [2.05, 4.69) is 15.5 Å². The predicted octanol–water partition coefficient (Wildman–Crippen LogP) is 1.42. The van der Waals surface area contributed by atoms with Gasteiger partial charge in [-0.3, -0.25) is 9.89 Å². The number of H-pyrrole nitrogens is 1. The Hall–Kier alpha value is -1.36. The summed E-state index contributed by atoms with van der Waals surface area (Å²) in [6.07, 6.45) is 6.51. The van der Waals surface area contributed by atoms with Crippen molar-refractivity contribution < 1.29 is 4.79 Å². The van der Waals surface area contributed by atoms with Gasteiger partial charge in [-0.1, -0.05) is 13.3 Å². The average Bonchev–Trinajstić information content (AvgIpc) is 2.78. The van der Waals surface area contributed by atoms with Gasteiger partial charge in [0.1, 0.15) is 0 Å². The van der Waals surface area contributed by atoms with Crippen molar-refractivity contribution in [3.8, 4) is 0 Å². The van der Waals surface area contributed by atoms with Gasteiger partial charge < -0.3 is 11.1 Å². The number of amides is 1. The van der Waals surface area contributed by atoms with E-state index in [9.17, 15) is 4.79 Å². The van der Waals surface area contributed by atoms with Crippen LogP contribution in [0, 0.1) is 0 Å². The maximum Gasteiger partial charge on any atom is 0.240 e. The third-order valence-corrected chi connectivity index (χ3v) is 3.63. The van der Waals surface area contributed by atoms with Crippen molar-refractivity contribution in [1.82, 2.24) is 15.5 Å². The number of carbonyl (C=O) groups excluding carboxylic acids is 1. The summed E-state index contributed by atoms with van der Waals surface area (Å²) in [5, 5.41) is 10.1. The molecule has 2 rings (SSSR count). The fraction of sp³-hybridized carbons (Fsp3) is 0.692. The van der Waals surface area contributed by atoms with Gasteiger partial charge in [0, 0.05) is 0 Å². The van der Waals surface area contributed by atoms with Gasteiger partial charge in [0.2, 0.25) is 5.91 Å². The minimum Gasteiger partial charge on any atom is -0.346 e. The van der Waals surface area contributed by atoms with Crippen molar-refractivity contribution in [1.29, 1.82) is 0 Å². The summed E-state index contributed by atoms with van der Waals surface area (Å²) in [5.41, 5.74) is 7.51. The molecule has 5 nitrogen and oxygen atoms in total. The fourth-order valence-corrected chi connectivity index (χ4v) is 2.56. The first-order valence-corrected chi connectivity index (χ1v) is 6.66. The van der Waals surface area contributed by atoms with Gasteiger partial charge in [0.05, 0.1) is 23.5 Å². The molecular formula is C13H22N4O. The number of fused-ring (bicyclic) bond motifs is 1. The molecule has 0 saturated heterocycles. The number of carbonyl (C=O) groups is 1. The summed E-state index contributed by atoms with van der Waals surface area (Å²) in [5.74, 6) is -0.0724. The summed E-state index contributed by atoms with van der Waals surface area (Å²) in [4.78, 5) is 12.2. The van der Waals surface area contributed by atoms with Crippen molar-refractivity contribution in [2.45, 2.75) is 57.5 Å². The summed E-state index contributed by atoms with van der Waals surface area (Å²) >= 11 is 0. The summed E-state index contributed by atoms with van der Waals surface area (Å²) in [6, 6.07) is 0.0310. The minimum atomic E-state index is -0.785.